The van der Waals surface area contributed by atoms with Crippen molar-refractivity contribution in [3.05, 3.63) is 21.9 Å². The predicted octanol–water partition coefficient (Wildman–Crippen LogP) is 2.17. The predicted molar refractivity (Wildman–Crippen MR) is 47.2 cm³/mol. The number of thiol groups is 1. The number of rotatable bonds is 2. The van der Waals surface area contributed by atoms with Crippen molar-refractivity contribution >= 4 is 29.7 Å². The van der Waals surface area contributed by atoms with Gasteiger partial charge in [0, 0.05) is 0 Å². The van der Waals surface area contributed by atoms with Crippen LogP contribution in [-0.2, 0) is 0 Å². The molecule has 0 aromatic carbocycles. The van der Waals surface area contributed by atoms with E-state index < -0.39 is 0 Å². The van der Waals surface area contributed by atoms with Gasteiger partial charge in [0.05, 0.1) is 10.6 Å². The van der Waals surface area contributed by atoms with Crippen LogP contribution in [-0.4, -0.2) is 11.5 Å². The zero-order valence-electron chi connectivity index (χ0n) is 5.63. The van der Waals surface area contributed by atoms with Crippen LogP contribution in [0.2, 0.25) is 0 Å². The third-order valence-electron chi connectivity index (χ3n) is 1.26. The number of aryl methyl sites for hydroxylation is 1. The van der Waals surface area contributed by atoms with E-state index in [4.69, 9.17) is 0 Å². The second-order valence-electron chi connectivity index (χ2n) is 2.01. The van der Waals surface area contributed by atoms with E-state index in [-0.39, 0.29) is 5.78 Å². The Bertz CT molecular complexity index is 240. The molecule has 0 fully saturated rings. The van der Waals surface area contributed by atoms with Crippen molar-refractivity contribution in [2.45, 2.75) is 6.92 Å². The molecule has 0 N–H and O–H groups in total. The number of thiophene rings is 1. The Hall–Kier alpha value is -0.280. The second-order valence-corrected chi connectivity index (χ2v) is 3.25. The van der Waals surface area contributed by atoms with Crippen LogP contribution in [0.3, 0.4) is 0 Å². The van der Waals surface area contributed by atoms with E-state index in [9.17, 15) is 4.79 Å². The highest BCUT2D eigenvalue weighted by Crippen LogP contribution is 2.16. The molecule has 0 radical (unpaired) electrons. The summed E-state index contributed by atoms with van der Waals surface area (Å²) in [4.78, 5) is 11.9. The number of carbonyl (C=O) groups is 1. The lowest BCUT2D eigenvalue weighted by Crippen LogP contribution is -1.98. The van der Waals surface area contributed by atoms with E-state index in [0.29, 0.717) is 5.75 Å². The van der Waals surface area contributed by atoms with Crippen LogP contribution in [0.1, 0.15) is 15.2 Å². The molecule has 0 unspecified atom stereocenters. The SMILES string of the molecule is Cc1ccsc1C(=O)CS. The van der Waals surface area contributed by atoms with Crippen molar-refractivity contribution in [2.24, 2.45) is 0 Å². The van der Waals surface area contributed by atoms with Gasteiger partial charge in [0.25, 0.3) is 0 Å². The van der Waals surface area contributed by atoms with E-state index in [1.807, 2.05) is 18.4 Å². The first-order valence-corrected chi connectivity index (χ1v) is 4.45. The zero-order chi connectivity index (χ0) is 7.56. The van der Waals surface area contributed by atoms with Gasteiger partial charge in [-0.1, -0.05) is 0 Å². The van der Waals surface area contributed by atoms with Gasteiger partial charge in [0.1, 0.15) is 0 Å². The van der Waals surface area contributed by atoms with Gasteiger partial charge < -0.3 is 0 Å². The van der Waals surface area contributed by atoms with E-state index >= 15 is 0 Å². The van der Waals surface area contributed by atoms with Crippen molar-refractivity contribution in [3.63, 3.8) is 0 Å². The van der Waals surface area contributed by atoms with Crippen LogP contribution in [0.4, 0.5) is 0 Å². The van der Waals surface area contributed by atoms with E-state index in [1.165, 1.54) is 11.3 Å². The zero-order valence-corrected chi connectivity index (χ0v) is 7.34. The monoisotopic (exact) mass is 172 g/mol. The molecule has 0 aliphatic rings. The maximum absolute atomic E-state index is 11.0. The topological polar surface area (TPSA) is 17.1 Å². The molecule has 0 spiro atoms. The third kappa shape index (κ3) is 1.41. The molecule has 0 aliphatic heterocycles. The molecule has 1 aromatic rings. The summed E-state index contributed by atoms with van der Waals surface area (Å²) in [5.41, 5.74) is 1.06. The molecule has 0 aliphatic carbocycles. The first-order chi connectivity index (χ1) is 4.75. The normalized spacial score (nSPS) is 9.80. The maximum Gasteiger partial charge on any atom is 0.182 e. The molecular weight excluding hydrogens is 164 g/mol. The van der Waals surface area contributed by atoms with Crippen molar-refractivity contribution in [3.8, 4) is 0 Å². The molecule has 1 nitrogen and oxygen atoms in total. The molecule has 0 atom stereocenters. The summed E-state index contributed by atoms with van der Waals surface area (Å²) in [6, 6.07) is 1.95. The van der Waals surface area contributed by atoms with Crippen molar-refractivity contribution in [2.75, 3.05) is 5.75 Å². The summed E-state index contributed by atoms with van der Waals surface area (Å²) in [6.07, 6.45) is 0. The fourth-order valence-corrected chi connectivity index (χ4v) is 1.86. The highest BCUT2D eigenvalue weighted by molar-refractivity contribution is 7.81. The van der Waals surface area contributed by atoms with Crippen molar-refractivity contribution in [1.29, 1.82) is 0 Å². The van der Waals surface area contributed by atoms with Crippen LogP contribution in [0, 0.1) is 6.92 Å². The molecule has 0 bridgehead atoms. The number of carbonyl (C=O) groups excluding carboxylic acids is 1. The minimum Gasteiger partial charge on any atom is -0.292 e. The fourth-order valence-electron chi connectivity index (χ4n) is 0.730. The van der Waals surface area contributed by atoms with E-state index in [1.54, 1.807) is 0 Å². The lowest BCUT2D eigenvalue weighted by Gasteiger charge is -1.91. The van der Waals surface area contributed by atoms with E-state index in [0.717, 1.165) is 10.4 Å². The van der Waals surface area contributed by atoms with Gasteiger partial charge in [-0.3, -0.25) is 4.79 Å². The number of hydrogen-bond donors (Lipinski definition) is 1. The van der Waals surface area contributed by atoms with Crippen LogP contribution < -0.4 is 0 Å². The standard InChI is InChI=1S/C7H8OS2/c1-5-2-3-10-7(5)6(8)4-9/h2-3,9H,4H2,1H3. The number of Topliss-reactive ketones (excluding diaryl/α,β-unsaturated/α-hetero) is 1. The maximum atomic E-state index is 11.0. The second kappa shape index (κ2) is 3.21. The Kier molecular flexibility index (Phi) is 2.51. The highest BCUT2D eigenvalue weighted by atomic mass is 32.1. The lowest BCUT2D eigenvalue weighted by atomic mass is 10.2. The van der Waals surface area contributed by atoms with Crippen molar-refractivity contribution < 1.29 is 4.79 Å². The first kappa shape index (κ1) is 7.82. The van der Waals surface area contributed by atoms with Crippen LogP contribution in [0.5, 0.6) is 0 Å². The summed E-state index contributed by atoms with van der Waals surface area (Å²) >= 11 is 5.39. The van der Waals surface area contributed by atoms with Gasteiger partial charge in [-0.15, -0.1) is 11.3 Å². The smallest absolute Gasteiger partial charge is 0.182 e. The molecule has 1 aromatic heterocycles. The van der Waals surface area contributed by atoms with Gasteiger partial charge in [0.2, 0.25) is 0 Å². The van der Waals surface area contributed by atoms with Gasteiger partial charge in [-0.2, -0.15) is 12.6 Å². The number of ketones is 1. The Morgan fingerprint density at radius 1 is 1.80 bits per heavy atom. The quantitative estimate of drug-likeness (QED) is 0.534. The average molecular weight is 172 g/mol. The van der Waals surface area contributed by atoms with Crippen LogP contribution in [0.25, 0.3) is 0 Å². The van der Waals surface area contributed by atoms with Crippen LogP contribution >= 0.6 is 24.0 Å². The summed E-state index contributed by atoms with van der Waals surface area (Å²) in [6.45, 7) is 1.94. The van der Waals surface area contributed by atoms with Crippen molar-refractivity contribution in [1.82, 2.24) is 0 Å². The Labute approximate surface area is 69.5 Å². The molecular formula is C7H8OS2. The summed E-state index contributed by atoms with van der Waals surface area (Å²) in [5.74, 6) is 0.428. The minimum absolute atomic E-state index is 0.121. The Morgan fingerprint density at radius 2 is 2.50 bits per heavy atom. The third-order valence-corrected chi connectivity index (χ3v) is 2.60. The summed E-state index contributed by atoms with van der Waals surface area (Å²) in [7, 11) is 0. The number of hydrogen-bond acceptors (Lipinski definition) is 3. The molecule has 3 heteroatoms. The molecule has 1 rings (SSSR count). The minimum atomic E-state index is 0.121. The first-order valence-electron chi connectivity index (χ1n) is 2.94. The highest BCUT2D eigenvalue weighted by Gasteiger charge is 2.06. The molecule has 0 saturated carbocycles. The summed E-state index contributed by atoms with van der Waals surface area (Å²) < 4.78 is 0. The van der Waals surface area contributed by atoms with E-state index in [2.05, 4.69) is 12.6 Å². The van der Waals surface area contributed by atoms with Gasteiger partial charge >= 0.3 is 0 Å². The Morgan fingerprint density at radius 3 is 2.90 bits per heavy atom. The largest absolute Gasteiger partial charge is 0.292 e. The summed E-state index contributed by atoms with van der Waals surface area (Å²) in [5, 5.41) is 1.92. The molecule has 0 saturated heterocycles. The Balaban J connectivity index is 2.93. The van der Waals surface area contributed by atoms with Crippen LogP contribution in [0.15, 0.2) is 11.4 Å². The average Bonchev–Trinajstić information content (AvgIpc) is 2.34. The fraction of sp³-hybridized carbons (Fsp3) is 0.286. The molecule has 1 heterocycles. The van der Waals surface area contributed by atoms with Gasteiger partial charge in [-0.05, 0) is 23.9 Å². The molecule has 0 amide bonds. The van der Waals surface area contributed by atoms with Gasteiger partial charge in [0.15, 0.2) is 5.78 Å². The lowest BCUT2D eigenvalue weighted by molar-refractivity contribution is 0.102. The molecule has 10 heavy (non-hydrogen) atoms. The van der Waals surface area contributed by atoms with Gasteiger partial charge in [-0.25, -0.2) is 0 Å². The molecule has 54 valence electrons.